The molecule has 0 spiro atoms. The van der Waals surface area contributed by atoms with E-state index in [1.807, 2.05) is 0 Å². The van der Waals surface area contributed by atoms with Crippen LogP contribution in [0.2, 0.25) is 0 Å². The number of carbonyl (C=O) groups is 1. The summed E-state index contributed by atoms with van der Waals surface area (Å²) in [5.74, 6) is 4.41. The largest absolute Gasteiger partial charge is 0.291 e. The van der Waals surface area contributed by atoms with Gasteiger partial charge < -0.3 is 0 Å². The van der Waals surface area contributed by atoms with Crippen molar-refractivity contribution in [2.45, 2.75) is 84.5 Å². The molecule has 4 rings (SSSR count). The topological polar surface area (TPSA) is 17.1 Å². The lowest BCUT2D eigenvalue weighted by molar-refractivity contribution is -0.103. The van der Waals surface area contributed by atoms with Crippen LogP contribution >= 0.6 is 12.6 Å². The van der Waals surface area contributed by atoms with E-state index in [-0.39, 0.29) is 0 Å². The highest BCUT2D eigenvalue weighted by Gasteiger charge is 2.56. The van der Waals surface area contributed by atoms with Crippen molar-refractivity contribution in [3.8, 4) is 0 Å². The summed E-state index contributed by atoms with van der Waals surface area (Å²) in [4.78, 5) is 8.67. The summed E-state index contributed by atoms with van der Waals surface area (Å²) in [6, 6.07) is 0. The molecule has 2 heteroatoms. The molecule has 4 aliphatic carbocycles. The van der Waals surface area contributed by atoms with Gasteiger partial charge in [-0.1, -0.05) is 33.1 Å². The fraction of sp³-hybridized carbons (Fsp3) is 0.950. The minimum absolute atomic E-state index is 0.444. The van der Waals surface area contributed by atoms with Crippen molar-refractivity contribution >= 4 is 18.2 Å². The van der Waals surface area contributed by atoms with Gasteiger partial charge in [0.05, 0.1) is 0 Å². The van der Waals surface area contributed by atoms with Crippen LogP contribution < -0.4 is 0 Å². The quantitative estimate of drug-likeness (QED) is 0.433. The normalized spacial score (nSPS) is 50.0. The Balaban J connectivity index is 0.000000446. The first kappa shape index (κ1) is 16.9. The number of fused-ring (bicyclic) bond motifs is 5. The Morgan fingerprint density at radius 3 is 2.41 bits per heavy atom. The summed E-state index contributed by atoms with van der Waals surface area (Å²) in [5.41, 5.74) is 1.93. The van der Waals surface area contributed by atoms with Gasteiger partial charge in [0.1, 0.15) is 0 Å². The van der Waals surface area contributed by atoms with Gasteiger partial charge in [0.25, 0.3) is 0 Å². The second-order valence-electron chi connectivity index (χ2n) is 9.09. The predicted molar refractivity (Wildman–Crippen MR) is 96.7 cm³/mol. The molecule has 4 fully saturated rings. The summed E-state index contributed by atoms with van der Waals surface area (Å²) in [5, 5.41) is 0. The monoisotopic (exact) mass is 322 g/mol. The highest BCUT2D eigenvalue weighted by molar-refractivity contribution is 7.94. The summed E-state index contributed by atoms with van der Waals surface area (Å²) >= 11 is 3.11. The molecule has 22 heavy (non-hydrogen) atoms. The third kappa shape index (κ3) is 2.68. The van der Waals surface area contributed by atoms with Crippen LogP contribution in [0.4, 0.5) is 0 Å². The van der Waals surface area contributed by atoms with Gasteiger partial charge in [0.15, 0.2) is 5.62 Å². The maximum absolute atomic E-state index is 8.67. The van der Waals surface area contributed by atoms with Crippen molar-refractivity contribution in [1.82, 2.24) is 0 Å². The molecule has 0 N–H and O–H groups in total. The zero-order valence-corrected chi connectivity index (χ0v) is 15.4. The molecular weight excluding hydrogens is 288 g/mol. The smallest absolute Gasteiger partial charge is 0.173 e. The predicted octanol–water partition coefficient (Wildman–Crippen LogP) is 5.92. The molecule has 0 aliphatic heterocycles. The van der Waals surface area contributed by atoms with Crippen molar-refractivity contribution in [2.75, 3.05) is 0 Å². The average molecular weight is 323 g/mol. The number of hydrogen-bond donors (Lipinski definition) is 1. The van der Waals surface area contributed by atoms with Gasteiger partial charge in [-0.05, 0) is 85.9 Å². The van der Waals surface area contributed by atoms with Crippen molar-refractivity contribution in [3.63, 3.8) is 0 Å². The van der Waals surface area contributed by atoms with Crippen molar-refractivity contribution in [3.05, 3.63) is 0 Å². The fourth-order valence-electron chi connectivity index (χ4n) is 7.29. The van der Waals surface area contributed by atoms with E-state index in [1.54, 1.807) is 51.4 Å². The minimum atomic E-state index is 0.444. The van der Waals surface area contributed by atoms with Gasteiger partial charge in [0.2, 0.25) is 0 Å². The van der Waals surface area contributed by atoms with E-state index < -0.39 is 0 Å². The van der Waals surface area contributed by atoms with Crippen molar-refractivity contribution in [2.24, 2.45) is 34.5 Å². The van der Waals surface area contributed by atoms with Crippen LogP contribution in [-0.2, 0) is 4.79 Å². The SMILES string of the molecule is C[C@@]12CCC[C@H]1[C@@H]1CCC3CCCC[C@]3(C)[C@H]1CC2.O=CS. The Hall–Kier alpha value is 0.0200. The number of hydrogen-bond acceptors (Lipinski definition) is 1. The molecule has 0 amide bonds. The molecule has 4 aliphatic rings. The number of rotatable bonds is 0. The first-order valence-electron chi connectivity index (χ1n) is 9.63. The van der Waals surface area contributed by atoms with Crippen LogP contribution in [0.1, 0.15) is 84.5 Å². The molecule has 0 aromatic carbocycles. The standard InChI is InChI=1S/C19H32.CH2OS/c1-18-11-5-7-16(18)15-9-8-14-6-3-4-12-19(14,2)17(15)10-13-18;2-1-3/h14-17H,3-13H2,1-2H3;1H,(H,2,3)/t14?,15-,16-,17-,18-,19-;/m0./s1. The lowest BCUT2D eigenvalue weighted by Crippen LogP contribution is -2.51. The van der Waals surface area contributed by atoms with Crippen LogP contribution in [0, 0.1) is 34.5 Å². The maximum Gasteiger partial charge on any atom is 0.173 e. The average Bonchev–Trinajstić information content (AvgIpc) is 2.89. The van der Waals surface area contributed by atoms with Crippen LogP contribution in [-0.4, -0.2) is 5.62 Å². The van der Waals surface area contributed by atoms with E-state index in [2.05, 4.69) is 26.5 Å². The Kier molecular flexibility index (Phi) is 4.98. The molecule has 126 valence electrons. The van der Waals surface area contributed by atoms with E-state index in [0.29, 0.717) is 5.62 Å². The Bertz CT molecular complexity index is 409. The first-order valence-corrected chi connectivity index (χ1v) is 10.1. The first-order chi connectivity index (χ1) is 10.5. The Morgan fingerprint density at radius 2 is 1.64 bits per heavy atom. The van der Waals surface area contributed by atoms with E-state index >= 15 is 0 Å². The molecule has 1 nitrogen and oxygen atoms in total. The summed E-state index contributed by atoms with van der Waals surface area (Å²) in [6.07, 6.45) is 17.1. The van der Waals surface area contributed by atoms with Crippen molar-refractivity contribution < 1.29 is 4.79 Å². The molecule has 1 unspecified atom stereocenters. The van der Waals surface area contributed by atoms with Crippen LogP contribution in [0.5, 0.6) is 0 Å². The van der Waals surface area contributed by atoms with Gasteiger partial charge in [-0.25, -0.2) is 0 Å². The fourth-order valence-corrected chi connectivity index (χ4v) is 7.29. The highest BCUT2D eigenvalue weighted by Crippen LogP contribution is 2.66. The molecule has 0 aromatic heterocycles. The summed E-state index contributed by atoms with van der Waals surface area (Å²) in [7, 11) is 0. The van der Waals surface area contributed by atoms with Gasteiger partial charge >= 0.3 is 0 Å². The molecule has 0 radical (unpaired) electrons. The highest BCUT2D eigenvalue weighted by atomic mass is 32.1. The number of thiol groups is 1. The lowest BCUT2D eigenvalue weighted by Gasteiger charge is -2.60. The molecule has 0 bridgehead atoms. The zero-order chi connectivity index (χ0) is 15.8. The van der Waals surface area contributed by atoms with E-state index in [4.69, 9.17) is 4.79 Å². The second kappa shape index (κ2) is 6.49. The van der Waals surface area contributed by atoms with Gasteiger partial charge in [-0.15, -0.1) is 12.6 Å². The van der Waals surface area contributed by atoms with Gasteiger partial charge in [0, 0.05) is 0 Å². The van der Waals surface area contributed by atoms with E-state index in [1.165, 1.54) is 19.3 Å². The molecule has 4 saturated carbocycles. The molecule has 6 atom stereocenters. The van der Waals surface area contributed by atoms with E-state index in [0.717, 1.165) is 34.5 Å². The van der Waals surface area contributed by atoms with E-state index in [9.17, 15) is 0 Å². The molecule has 0 heterocycles. The Morgan fingerprint density at radius 1 is 0.864 bits per heavy atom. The second-order valence-corrected chi connectivity index (χ2v) is 9.30. The molecule has 0 aromatic rings. The summed E-state index contributed by atoms with van der Waals surface area (Å²) < 4.78 is 0. The maximum atomic E-state index is 8.67. The van der Waals surface area contributed by atoms with Crippen molar-refractivity contribution in [1.29, 1.82) is 0 Å². The third-order valence-electron chi connectivity index (χ3n) is 8.36. The van der Waals surface area contributed by atoms with Crippen LogP contribution in [0.3, 0.4) is 0 Å². The molecule has 0 saturated heterocycles. The van der Waals surface area contributed by atoms with Crippen LogP contribution in [0.25, 0.3) is 0 Å². The lowest BCUT2D eigenvalue weighted by atomic mass is 9.45. The molecular formula is C20H34OS. The van der Waals surface area contributed by atoms with Crippen LogP contribution in [0.15, 0.2) is 0 Å². The zero-order valence-electron chi connectivity index (χ0n) is 14.5. The number of carbonyl (C=O) groups excluding carboxylic acids is 1. The minimum Gasteiger partial charge on any atom is -0.291 e. The summed E-state index contributed by atoms with van der Waals surface area (Å²) in [6.45, 7) is 5.33. The Labute approximate surface area is 142 Å². The third-order valence-corrected chi connectivity index (χ3v) is 8.36. The van der Waals surface area contributed by atoms with Gasteiger partial charge in [-0.2, -0.15) is 0 Å². The van der Waals surface area contributed by atoms with Gasteiger partial charge in [-0.3, -0.25) is 4.79 Å².